The van der Waals surface area contributed by atoms with Gasteiger partial charge in [-0.1, -0.05) is 0 Å². The van der Waals surface area contributed by atoms with Crippen molar-refractivity contribution in [3.63, 3.8) is 0 Å². The van der Waals surface area contributed by atoms with Gasteiger partial charge >= 0.3 is 0 Å². The van der Waals surface area contributed by atoms with Gasteiger partial charge in [0.15, 0.2) is 18.3 Å². The number of hydrogen-bond donors (Lipinski definition) is 3. The maximum Gasteiger partial charge on any atom is 0.251 e. The summed E-state index contributed by atoms with van der Waals surface area (Å²) in [4.78, 5) is 25.8. The summed E-state index contributed by atoms with van der Waals surface area (Å²) in [5, 5.41) is 29.6. The molecule has 2 saturated heterocycles. The van der Waals surface area contributed by atoms with Crippen LogP contribution >= 0.6 is 0 Å². The number of fused-ring (bicyclic) bond motifs is 2. The van der Waals surface area contributed by atoms with Crippen molar-refractivity contribution in [1.82, 2.24) is 4.90 Å². The Balaban J connectivity index is 2.05. The molecule has 25 heavy (non-hydrogen) atoms. The van der Waals surface area contributed by atoms with Gasteiger partial charge in [-0.3, -0.25) is 9.59 Å². The minimum absolute atomic E-state index is 0.0451. The zero-order valence-corrected chi connectivity index (χ0v) is 14.0. The summed E-state index contributed by atoms with van der Waals surface area (Å²) < 4.78 is 22.3. The summed E-state index contributed by atoms with van der Waals surface area (Å²) >= 11 is 0. The molecule has 0 aromatic carbocycles. The summed E-state index contributed by atoms with van der Waals surface area (Å²) in [6.45, 7) is 0.692. The van der Waals surface area contributed by atoms with Gasteiger partial charge in [-0.2, -0.15) is 0 Å². The van der Waals surface area contributed by atoms with Crippen molar-refractivity contribution in [3.05, 3.63) is 11.8 Å². The molecule has 0 aromatic heterocycles. The average molecular weight is 359 g/mol. The molecule has 0 aliphatic carbocycles. The molecule has 0 saturated carbocycles. The van der Waals surface area contributed by atoms with Gasteiger partial charge in [-0.15, -0.1) is 0 Å². The van der Waals surface area contributed by atoms with Crippen LogP contribution in [0.2, 0.25) is 0 Å². The van der Waals surface area contributed by atoms with Crippen LogP contribution < -0.4 is 0 Å². The fourth-order valence-corrected chi connectivity index (χ4v) is 3.40. The number of hydrogen-bond acceptors (Lipinski definition) is 9. The second-order valence-electron chi connectivity index (χ2n) is 6.23. The van der Waals surface area contributed by atoms with Crippen LogP contribution in [0.4, 0.5) is 0 Å². The lowest BCUT2D eigenvalue weighted by Crippen LogP contribution is -2.74. The van der Waals surface area contributed by atoms with E-state index >= 15 is 0 Å². The van der Waals surface area contributed by atoms with E-state index in [-0.39, 0.29) is 5.76 Å². The third-order valence-corrected chi connectivity index (χ3v) is 4.82. The van der Waals surface area contributed by atoms with Crippen molar-refractivity contribution in [2.75, 3.05) is 20.8 Å². The minimum Gasteiger partial charge on any atom is -0.497 e. The Hall–Kier alpha value is -1.56. The van der Waals surface area contributed by atoms with E-state index in [1.807, 2.05) is 0 Å². The topological polar surface area (TPSA) is 135 Å². The SMILES string of the molecule is COC1=CC(=O)N(C)C2OC3C(OC(CO)C(O)C3O)OC12C(C)=O. The van der Waals surface area contributed by atoms with Crippen molar-refractivity contribution < 1.29 is 43.9 Å². The van der Waals surface area contributed by atoms with Crippen molar-refractivity contribution in [3.8, 4) is 0 Å². The van der Waals surface area contributed by atoms with Gasteiger partial charge < -0.3 is 39.2 Å². The molecule has 3 N–H and O–H groups in total. The van der Waals surface area contributed by atoms with E-state index in [4.69, 9.17) is 18.9 Å². The average Bonchev–Trinajstić information content (AvgIpc) is 2.59. The quantitative estimate of drug-likeness (QED) is 0.499. The van der Waals surface area contributed by atoms with E-state index in [1.165, 1.54) is 21.1 Å². The van der Waals surface area contributed by atoms with Crippen LogP contribution in [0.5, 0.6) is 0 Å². The molecule has 10 nitrogen and oxygen atoms in total. The fourth-order valence-electron chi connectivity index (χ4n) is 3.40. The standard InChI is InChI=1S/C15H21NO9/c1-6(18)15-8(22-3)4-9(19)16(2)14(15)24-12-11(21)10(20)7(5-17)23-13(12)25-15/h4,7,10-14,17,20-21H,5H2,1-3H3. The van der Waals surface area contributed by atoms with Crippen LogP contribution in [-0.2, 0) is 28.5 Å². The molecule has 2 fully saturated rings. The Kier molecular flexibility index (Phi) is 4.60. The molecule has 3 rings (SSSR count). The molecule has 0 bridgehead atoms. The van der Waals surface area contributed by atoms with Gasteiger partial charge in [0.25, 0.3) is 5.91 Å². The predicted molar refractivity (Wildman–Crippen MR) is 78.8 cm³/mol. The van der Waals surface area contributed by atoms with Crippen molar-refractivity contribution in [2.24, 2.45) is 0 Å². The number of rotatable bonds is 3. The zero-order chi connectivity index (χ0) is 18.5. The van der Waals surface area contributed by atoms with Crippen LogP contribution in [0.25, 0.3) is 0 Å². The number of aliphatic hydroxyl groups is 3. The monoisotopic (exact) mass is 359 g/mol. The molecule has 3 aliphatic rings. The Morgan fingerprint density at radius 2 is 2.04 bits per heavy atom. The Bertz CT molecular complexity index is 608. The molecule has 3 heterocycles. The highest BCUT2D eigenvalue weighted by Crippen LogP contribution is 2.43. The van der Waals surface area contributed by atoms with E-state index in [0.717, 1.165) is 11.0 Å². The lowest BCUT2D eigenvalue weighted by Gasteiger charge is -2.55. The normalized spacial score (nSPS) is 43.8. The summed E-state index contributed by atoms with van der Waals surface area (Å²) in [6.07, 6.45) is -6.48. The lowest BCUT2D eigenvalue weighted by molar-refractivity contribution is -0.393. The van der Waals surface area contributed by atoms with E-state index < -0.39 is 60.8 Å². The Morgan fingerprint density at radius 1 is 1.36 bits per heavy atom. The minimum atomic E-state index is -1.78. The second kappa shape index (κ2) is 6.31. The summed E-state index contributed by atoms with van der Waals surface area (Å²) in [5.41, 5.74) is -1.78. The number of ether oxygens (including phenoxy) is 4. The van der Waals surface area contributed by atoms with Gasteiger partial charge in [0.1, 0.15) is 30.2 Å². The molecule has 7 atom stereocenters. The second-order valence-corrected chi connectivity index (χ2v) is 6.23. The molecule has 140 valence electrons. The van der Waals surface area contributed by atoms with Crippen molar-refractivity contribution >= 4 is 11.7 Å². The summed E-state index contributed by atoms with van der Waals surface area (Å²) in [6, 6.07) is 0. The van der Waals surface area contributed by atoms with Crippen LogP contribution in [0.15, 0.2) is 11.8 Å². The van der Waals surface area contributed by atoms with E-state index in [9.17, 15) is 24.9 Å². The number of methoxy groups -OCH3 is 1. The highest BCUT2D eigenvalue weighted by atomic mass is 16.8. The maximum atomic E-state index is 12.5. The molecule has 3 aliphatic heterocycles. The molecule has 10 heteroatoms. The molecule has 0 spiro atoms. The third kappa shape index (κ3) is 2.48. The Labute approximate surface area is 143 Å². The van der Waals surface area contributed by atoms with Crippen LogP contribution in [0.3, 0.4) is 0 Å². The first-order valence-electron chi connectivity index (χ1n) is 7.77. The van der Waals surface area contributed by atoms with Gasteiger partial charge in [-0.25, -0.2) is 0 Å². The van der Waals surface area contributed by atoms with E-state index in [0.29, 0.717) is 0 Å². The third-order valence-electron chi connectivity index (χ3n) is 4.82. The van der Waals surface area contributed by atoms with Crippen LogP contribution in [-0.4, -0.2) is 95.2 Å². The summed E-state index contributed by atoms with van der Waals surface area (Å²) in [5.74, 6) is -1.01. The highest BCUT2D eigenvalue weighted by Gasteiger charge is 2.64. The first kappa shape index (κ1) is 18.2. The van der Waals surface area contributed by atoms with Gasteiger partial charge in [0, 0.05) is 13.1 Å². The highest BCUT2D eigenvalue weighted by molar-refractivity contribution is 5.97. The molecule has 7 unspecified atom stereocenters. The fraction of sp³-hybridized carbons (Fsp3) is 0.733. The number of amides is 1. The van der Waals surface area contributed by atoms with Gasteiger partial charge in [0.2, 0.25) is 5.60 Å². The van der Waals surface area contributed by atoms with E-state index in [1.54, 1.807) is 0 Å². The van der Waals surface area contributed by atoms with Crippen molar-refractivity contribution in [1.29, 1.82) is 0 Å². The number of nitrogens with zero attached hydrogens (tertiary/aromatic N) is 1. The number of aliphatic hydroxyl groups excluding tert-OH is 3. The number of carbonyl (C=O) groups excluding carboxylic acids is 2. The van der Waals surface area contributed by atoms with Crippen molar-refractivity contribution in [2.45, 2.75) is 49.5 Å². The summed E-state index contributed by atoms with van der Waals surface area (Å²) in [7, 11) is 2.71. The predicted octanol–water partition coefficient (Wildman–Crippen LogP) is -2.50. The largest absolute Gasteiger partial charge is 0.497 e. The maximum absolute atomic E-state index is 12.5. The molecule has 1 amide bonds. The zero-order valence-electron chi connectivity index (χ0n) is 14.0. The molecule has 0 radical (unpaired) electrons. The van der Waals surface area contributed by atoms with Crippen LogP contribution in [0.1, 0.15) is 6.92 Å². The lowest BCUT2D eigenvalue weighted by atomic mass is 9.87. The number of ketones is 1. The Morgan fingerprint density at radius 3 is 2.60 bits per heavy atom. The molecular formula is C15H21NO9. The first-order chi connectivity index (χ1) is 11.8. The number of likely N-dealkylation sites (N-methyl/N-ethyl adjacent to an activating group) is 1. The number of Topliss-reactive ketones (excluding diaryl/α,β-unsaturated/α-hetero) is 1. The molecular weight excluding hydrogens is 338 g/mol. The number of carbonyl (C=O) groups is 2. The molecule has 0 aromatic rings. The first-order valence-corrected chi connectivity index (χ1v) is 7.77. The van der Waals surface area contributed by atoms with Gasteiger partial charge in [0.05, 0.1) is 13.7 Å². The van der Waals surface area contributed by atoms with Gasteiger partial charge in [-0.05, 0) is 6.92 Å². The van der Waals surface area contributed by atoms with Crippen LogP contribution in [0, 0.1) is 0 Å². The van der Waals surface area contributed by atoms with E-state index in [2.05, 4.69) is 0 Å². The smallest absolute Gasteiger partial charge is 0.251 e.